The normalized spacial score (nSPS) is 20.2. The Balaban J connectivity index is 1.96. The lowest BCUT2D eigenvalue weighted by Gasteiger charge is -2.35. The molecule has 0 spiro atoms. The molecule has 4 nitrogen and oxygen atoms in total. The number of rotatable bonds is 2. The predicted octanol–water partition coefficient (Wildman–Crippen LogP) is 3.30. The number of aromatic nitrogens is 2. The summed E-state index contributed by atoms with van der Waals surface area (Å²) in [5.41, 5.74) is 1.82. The number of benzene rings is 1. The van der Waals surface area contributed by atoms with Gasteiger partial charge < -0.3 is 14.0 Å². The van der Waals surface area contributed by atoms with Gasteiger partial charge >= 0.3 is 0 Å². The Bertz CT molecular complexity index is 721. The molecule has 1 unspecified atom stereocenters. The zero-order valence-electron chi connectivity index (χ0n) is 12.7. The number of hydrogen-bond donors (Lipinski definition) is 0. The standard InChI is InChI=1S/C15H21FN3OP/c1-18-14-9-11(16)6-7-13(14)17-15(18)19-8-4-5-12(10-19)21(2,3)20/h6-7,9,12H,4-5,8,10H2,1-3H3. The van der Waals surface area contributed by atoms with Crippen molar-refractivity contribution in [1.29, 1.82) is 0 Å². The van der Waals surface area contributed by atoms with E-state index in [2.05, 4.69) is 9.88 Å². The fraction of sp³-hybridized carbons (Fsp3) is 0.533. The summed E-state index contributed by atoms with van der Waals surface area (Å²) < 4.78 is 27.7. The van der Waals surface area contributed by atoms with Crippen LogP contribution in [0.3, 0.4) is 0 Å². The molecule has 1 saturated heterocycles. The van der Waals surface area contributed by atoms with Crippen molar-refractivity contribution in [3.63, 3.8) is 0 Å². The molecule has 0 radical (unpaired) electrons. The zero-order valence-corrected chi connectivity index (χ0v) is 13.6. The average molecular weight is 309 g/mol. The minimum Gasteiger partial charge on any atom is -0.341 e. The van der Waals surface area contributed by atoms with Gasteiger partial charge in [-0.2, -0.15) is 0 Å². The molecule has 3 rings (SSSR count). The van der Waals surface area contributed by atoms with Gasteiger partial charge in [-0.25, -0.2) is 9.37 Å². The van der Waals surface area contributed by atoms with Crippen LogP contribution in [0.5, 0.6) is 0 Å². The number of hydrogen-bond acceptors (Lipinski definition) is 3. The largest absolute Gasteiger partial charge is 0.341 e. The molecule has 114 valence electrons. The van der Waals surface area contributed by atoms with Crippen molar-refractivity contribution in [1.82, 2.24) is 9.55 Å². The monoisotopic (exact) mass is 309 g/mol. The molecule has 1 aliphatic heterocycles. The van der Waals surface area contributed by atoms with E-state index < -0.39 is 7.14 Å². The van der Waals surface area contributed by atoms with Gasteiger partial charge in [-0.15, -0.1) is 0 Å². The third-order valence-corrected chi connectivity index (χ3v) is 6.56. The highest BCUT2D eigenvalue weighted by molar-refractivity contribution is 7.63. The topological polar surface area (TPSA) is 38.1 Å². The highest BCUT2D eigenvalue weighted by Crippen LogP contribution is 2.46. The van der Waals surface area contributed by atoms with Crippen molar-refractivity contribution >= 4 is 24.1 Å². The second kappa shape index (κ2) is 5.13. The summed E-state index contributed by atoms with van der Waals surface area (Å²) in [5, 5.41) is 0. The van der Waals surface area contributed by atoms with Crippen molar-refractivity contribution in [3.8, 4) is 0 Å². The quantitative estimate of drug-likeness (QED) is 0.799. The van der Waals surface area contributed by atoms with E-state index in [1.165, 1.54) is 12.1 Å². The number of fused-ring (bicyclic) bond motifs is 1. The van der Waals surface area contributed by atoms with Gasteiger partial charge in [0, 0.05) is 25.8 Å². The van der Waals surface area contributed by atoms with Gasteiger partial charge in [0.15, 0.2) is 0 Å². The third kappa shape index (κ3) is 2.71. The van der Waals surface area contributed by atoms with Crippen LogP contribution in [-0.2, 0) is 11.6 Å². The van der Waals surface area contributed by atoms with Crippen LogP contribution in [0, 0.1) is 5.82 Å². The van der Waals surface area contributed by atoms with Crippen LogP contribution in [0.2, 0.25) is 0 Å². The molecule has 1 aromatic carbocycles. The summed E-state index contributed by atoms with van der Waals surface area (Å²) >= 11 is 0. The molecule has 0 aliphatic carbocycles. The molecule has 2 heterocycles. The lowest BCUT2D eigenvalue weighted by atomic mass is 10.1. The van der Waals surface area contributed by atoms with E-state index in [1.807, 2.05) is 24.9 Å². The molecule has 1 aromatic heterocycles. The van der Waals surface area contributed by atoms with E-state index >= 15 is 0 Å². The van der Waals surface area contributed by atoms with E-state index in [1.54, 1.807) is 6.07 Å². The molecule has 0 saturated carbocycles. The minimum absolute atomic E-state index is 0.225. The van der Waals surface area contributed by atoms with Crippen LogP contribution in [0.4, 0.5) is 10.3 Å². The average Bonchev–Trinajstić information content (AvgIpc) is 2.75. The molecule has 0 amide bonds. The van der Waals surface area contributed by atoms with Crippen LogP contribution in [-0.4, -0.2) is 41.6 Å². The van der Waals surface area contributed by atoms with Crippen molar-refractivity contribution in [3.05, 3.63) is 24.0 Å². The van der Waals surface area contributed by atoms with E-state index in [-0.39, 0.29) is 11.5 Å². The Hall–Kier alpha value is -1.35. The fourth-order valence-corrected chi connectivity index (χ4v) is 4.47. The first kappa shape index (κ1) is 14.6. The van der Waals surface area contributed by atoms with Crippen molar-refractivity contribution in [2.24, 2.45) is 7.05 Å². The van der Waals surface area contributed by atoms with E-state index in [0.29, 0.717) is 0 Å². The first-order chi connectivity index (χ1) is 9.86. The maximum atomic E-state index is 13.4. The first-order valence-electron chi connectivity index (χ1n) is 7.28. The van der Waals surface area contributed by atoms with Gasteiger partial charge in [0.05, 0.1) is 18.2 Å². The molecule has 6 heteroatoms. The van der Waals surface area contributed by atoms with Gasteiger partial charge in [-0.3, -0.25) is 0 Å². The first-order valence-corrected chi connectivity index (χ1v) is 9.95. The molecule has 21 heavy (non-hydrogen) atoms. The summed E-state index contributed by atoms with van der Waals surface area (Å²) in [5.74, 6) is 0.592. The van der Waals surface area contributed by atoms with Crippen LogP contribution < -0.4 is 4.90 Å². The van der Waals surface area contributed by atoms with Crippen molar-refractivity contribution in [2.75, 3.05) is 31.3 Å². The van der Waals surface area contributed by atoms with E-state index in [0.717, 1.165) is 42.9 Å². The predicted molar refractivity (Wildman–Crippen MR) is 85.4 cm³/mol. The second-order valence-electron chi connectivity index (χ2n) is 6.28. The molecule has 1 aliphatic rings. The highest BCUT2D eigenvalue weighted by Gasteiger charge is 2.30. The molecule has 0 bridgehead atoms. The number of aryl methyl sites for hydroxylation is 1. The van der Waals surface area contributed by atoms with Gasteiger partial charge in [0.2, 0.25) is 5.95 Å². The number of piperidine rings is 1. The van der Waals surface area contributed by atoms with Crippen LogP contribution in [0.25, 0.3) is 11.0 Å². The summed E-state index contributed by atoms with van der Waals surface area (Å²) in [6.45, 7) is 5.41. The van der Waals surface area contributed by atoms with Crippen LogP contribution in [0.15, 0.2) is 18.2 Å². The SMILES string of the molecule is Cn1c(N2CCCC(P(C)(C)=O)C2)nc2ccc(F)cc21. The molecule has 2 aromatic rings. The summed E-state index contributed by atoms with van der Waals surface area (Å²) in [6, 6.07) is 4.66. The molecule has 1 atom stereocenters. The van der Waals surface area contributed by atoms with Crippen LogP contribution >= 0.6 is 7.14 Å². The number of anilines is 1. The van der Waals surface area contributed by atoms with Crippen molar-refractivity contribution < 1.29 is 8.96 Å². The van der Waals surface area contributed by atoms with Gasteiger partial charge in [-0.1, -0.05) is 0 Å². The van der Waals surface area contributed by atoms with Gasteiger partial charge in [-0.05, 0) is 44.4 Å². The number of nitrogens with zero attached hydrogens (tertiary/aromatic N) is 3. The number of imidazole rings is 1. The molecular formula is C15H21FN3OP. The van der Waals surface area contributed by atoms with Crippen LogP contribution in [0.1, 0.15) is 12.8 Å². The summed E-state index contributed by atoms with van der Waals surface area (Å²) in [6.07, 6.45) is 2.03. The Kier molecular flexibility index (Phi) is 3.56. The third-order valence-electron chi connectivity index (χ3n) is 4.38. The number of halogens is 1. The smallest absolute Gasteiger partial charge is 0.206 e. The molecule has 0 N–H and O–H groups in total. The maximum absolute atomic E-state index is 13.4. The summed E-state index contributed by atoms with van der Waals surface area (Å²) in [4.78, 5) is 6.81. The molecule has 1 fully saturated rings. The lowest BCUT2D eigenvalue weighted by Crippen LogP contribution is -2.39. The minimum atomic E-state index is -2.10. The fourth-order valence-electron chi connectivity index (χ4n) is 3.08. The highest BCUT2D eigenvalue weighted by atomic mass is 31.2. The Morgan fingerprint density at radius 3 is 2.86 bits per heavy atom. The second-order valence-corrected chi connectivity index (χ2v) is 9.88. The maximum Gasteiger partial charge on any atom is 0.206 e. The Labute approximate surface area is 124 Å². The van der Waals surface area contributed by atoms with E-state index in [4.69, 9.17) is 0 Å². The molecular weight excluding hydrogens is 288 g/mol. The van der Waals surface area contributed by atoms with Gasteiger partial charge in [0.25, 0.3) is 0 Å². The van der Waals surface area contributed by atoms with Gasteiger partial charge in [0.1, 0.15) is 5.82 Å². The Morgan fingerprint density at radius 1 is 1.38 bits per heavy atom. The van der Waals surface area contributed by atoms with E-state index in [9.17, 15) is 8.96 Å². The van der Waals surface area contributed by atoms with Crippen molar-refractivity contribution in [2.45, 2.75) is 18.5 Å². The lowest BCUT2D eigenvalue weighted by molar-refractivity contribution is 0.528. The summed E-state index contributed by atoms with van der Waals surface area (Å²) in [7, 11) is -0.187. The zero-order chi connectivity index (χ0) is 15.2. The Morgan fingerprint density at radius 2 is 2.14 bits per heavy atom.